The Hall–Kier alpha value is -3.93. The standard InChI is InChI=1S/C23H18O6/c1-27-19-8-7-15(9-21(19)28-13-14-5-3-2-4-6-14)20-12-18(26)23-17(25)10-16(24)11-22(23)29-20/h2-12,24-25H,13H2,1H3. The van der Waals surface area contributed by atoms with Crippen molar-refractivity contribution in [3.05, 3.63) is 82.5 Å². The molecule has 0 aliphatic heterocycles. The van der Waals surface area contributed by atoms with Crippen LogP contribution < -0.4 is 14.9 Å². The smallest absolute Gasteiger partial charge is 0.197 e. The lowest BCUT2D eigenvalue weighted by atomic mass is 10.1. The van der Waals surface area contributed by atoms with Crippen LogP contribution in [0.3, 0.4) is 0 Å². The first-order valence-corrected chi connectivity index (χ1v) is 8.90. The van der Waals surface area contributed by atoms with Gasteiger partial charge in [-0.3, -0.25) is 4.79 Å². The molecule has 0 unspecified atom stereocenters. The van der Waals surface area contributed by atoms with Crippen LogP contribution in [0.15, 0.2) is 75.9 Å². The molecule has 1 heterocycles. The van der Waals surface area contributed by atoms with Gasteiger partial charge in [-0.25, -0.2) is 0 Å². The summed E-state index contributed by atoms with van der Waals surface area (Å²) in [5.41, 5.74) is 1.27. The van der Waals surface area contributed by atoms with E-state index in [1.54, 1.807) is 25.3 Å². The molecule has 146 valence electrons. The van der Waals surface area contributed by atoms with Gasteiger partial charge >= 0.3 is 0 Å². The maximum atomic E-state index is 12.5. The van der Waals surface area contributed by atoms with E-state index in [0.29, 0.717) is 23.7 Å². The Morgan fingerprint density at radius 1 is 0.931 bits per heavy atom. The minimum absolute atomic E-state index is 0.0145. The molecule has 0 amide bonds. The SMILES string of the molecule is COc1ccc(-c2cc(=O)c3c(O)cc(O)cc3o2)cc1OCc1ccccc1. The van der Waals surface area contributed by atoms with Crippen LogP contribution in [0.5, 0.6) is 23.0 Å². The molecule has 6 heteroatoms. The number of phenols is 2. The second-order valence-corrected chi connectivity index (χ2v) is 6.45. The summed E-state index contributed by atoms with van der Waals surface area (Å²) in [6, 6.07) is 18.6. The summed E-state index contributed by atoms with van der Waals surface area (Å²) in [6.45, 7) is 0.351. The highest BCUT2D eigenvalue weighted by Gasteiger charge is 2.14. The lowest BCUT2D eigenvalue weighted by Crippen LogP contribution is -2.01. The Kier molecular flexibility index (Phi) is 4.83. The third-order valence-electron chi connectivity index (χ3n) is 4.48. The lowest BCUT2D eigenvalue weighted by Gasteiger charge is -2.12. The fourth-order valence-electron chi connectivity index (χ4n) is 3.07. The number of phenolic OH excluding ortho intramolecular Hbond substituents is 2. The van der Waals surface area contributed by atoms with Crippen molar-refractivity contribution in [3.8, 4) is 34.3 Å². The van der Waals surface area contributed by atoms with Gasteiger partial charge in [-0.1, -0.05) is 30.3 Å². The van der Waals surface area contributed by atoms with Crippen LogP contribution in [0, 0.1) is 0 Å². The van der Waals surface area contributed by atoms with Crippen molar-refractivity contribution in [2.24, 2.45) is 0 Å². The van der Waals surface area contributed by atoms with Gasteiger partial charge in [0.15, 0.2) is 16.9 Å². The van der Waals surface area contributed by atoms with Gasteiger partial charge in [0.25, 0.3) is 0 Å². The monoisotopic (exact) mass is 390 g/mol. The molecule has 0 aliphatic rings. The summed E-state index contributed by atoms with van der Waals surface area (Å²) < 4.78 is 17.0. The van der Waals surface area contributed by atoms with Gasteiger partial charge in [-0.2, -0.15) is 0 Å². The van der Waals surface area contributed by atoms with E-state index >= 15 is 0 Å². The van der Waals surface area contributed by atoms with E-state index in [4.69, 9.17) is 13.9 Å². The Bertz CT molecular complexity index is 1230. The number of benzene rings is 3. The quantitative estimate of drug-likeness (QED) is 0.523. The fourth-order valence-corrected chi connectivity index (χ4v) is 3.07. The van der Waals surface area contributed by atoms with Crippen molar-refractivity contribution in [1.29, 1.82) is 0 Å². The van der Waals surface area contributed by atoms with Crippen LogP contribution in [0.2, 0.25) is 0 Å². The first kappa shape index (κ1) is 18.4. The molecule has 3 aromatic carbocycles. The van der Waals surface area contributed by atoms with Crippen molar-refractivity contribution >= 4 is 11.0 Å². The third kappa shape index (κ3) is 3.73. The van der Waals surface area contributed by atoms with Gasteiger partial charge < -0.3 is 24.1 Å². The molecule has 0 bridgehead atoms. The fraction of sp³-hybridized carbons (Fsp3) is 0.0870. The Morgan fingerprint density at radius 3 is 2.48 bits per heavy atom. The molecule has 4 rings (SSSR count). The highest BCUT2D eigenvalue weighted by atomic mass is 16.5. The lowest BCUT2D eigenvalue weighted by molar-refractivity contribution is 0.284. The van der Waals surface area contributed by atoms with Gasteiger partial charge in [0, 0.05) is 23.8 Å². The first-order chi connectivity index (χ1) is 14.0. The molecule has 29 heavy (non-hydrogen) atoms. The molecule has 0 spiro atoms. The summed E-state index contributed by atoms with van der Waals surface area (Å²) in [7, 11) is 1.55. The van der Waals surface area contributed by atoms with Gasteiger partial charge in [0.2, 0.25) is 0 Å². The van der Waals surface area contributed by atoms with Gasteiger partial charge in [-0.05, 0) is 23.8 Å². The van der Waals surface area contributed by atoms with Crippen LogP contribution in [-0.4, -0.2) is 17.3 Å². The second-order valence-electron chi connectivity index (χ2n) is 6.45. The average Bonchev–Trinajstić information content (AvgIpc) is 2.72. The number of hydrogen-bond donors (Lipinski definition) is 2. The number of hydrogen-bond acceptors (Lipinski definition) is 6. The van der Waals surface area contributed by atoms with Crippen molar-refractivity contribution in [1.82, 2.24) is 0 Å². The maximum Gasteiger partial charge on any atom is 0.197 e. The van der Waals surface area contributed by atoms with Crippen molar-refractivity contribution in [2.45, 2.75) is 6.61 Å². The predicted molar refractivity (Wildman–Crippen MR) is 109 cm³/mol. The molecule has 0 radical (unpaired) electrons. The number of ether oxygens (including phenoxy) is 2. The van der Waals surface area contributed by atoms with Crippen LogP contribution in [0.4, 0.5) is 0 Å². The molecule has 2 N–H and O–H groups in total. The molecule has 0 atom stereocenters. The summed E-state index contributed by atoms with van der Waals surface area (Å²) in [4.78, 5) is 12.5. The minimum atomic E-state index is -0.415. The van der Waals surface area contributed by atoms with Crippen LogP contribution >= 0.6 is 0 Å². The molecular weight excluding hydrogens is 372 g/mol. The van der Waals surface area contributed by atoms with Crippen molar-refractivity contribution in [2.75, 3.05) is 7.11 Å². The zero-order valence-electron chi connectivity index (χ0n) is 15.6. The molecule has 0 fully saturated rings. The van der Waals surface area contributed by atoms with E-state index in [0.717, 1.165) is 11.6 Å². The van der Waals surface area contributed by atoms with Gasteiger partial charge in [0.05, 0.1) is 7.11 Å². The Morgan fingerprint density at radius 2 is 1.72 bits per heavy atom. The summed E-state index contributed by atoms with van der Waals surface area (Å²) >= 11 is 0. The molecular formula is C23H18O6. The van der Waals surface area contributed by atoms with Crippen molar-refractivity contribution in [3.63, 3.8) is 0 Å². The van der Waals surface area contributed by atoms with E-state index in [-0.39, 0.29) is 28.2 Å². The molecule has 0 saturated heterocycles. The topological polar surface area (TPSA) is 89.1 Å². The third-order valence-corrected chi connectivity index (χ3v) is 4.48. The number of fused-ring (bicyclic) bond motifs is 1. The largest absolute Gasteiger partial charge is 0.508 e. The van der Waals surface area contributed by atoms with E-state index in [2.05, 4.69) is 0 Å². The second kappa shape index (κ2) is 7.59. The number of aromatic hydroxyl groups is 2. The summed E-state index contributed by atoms with van der Waals surface area (Å²) in [5.74, 6) is 0.789. The Balaban J connectivity index is 1.74. The van der Waals surface area contributed by atoms with E-state index in [9.17, 15) is 15.0 Å². The number of methoxy groups -OCH3 is 1. The zero-order chi connectivity index (χ0) is 20.4. The summed E-state index contributed by atoms with van der Waals surface area (Å²) in [5, 5.41) is 19.6. The maximum absolute atomic E-state index is 12.5. The highest BCUT2D eigenvalue weighted by Crippen LogP contribution is 2.35. The van der Waals surface area contributed by atoms with Crippen LogP contribution in [-0.2, 0) is 6.61 Å². The molecule has 4 aromatic rings. The van der Waals surface area contributed by atoms with Crippen LogP contribution in [0.25, 0.3) is 22.3 Å². The van der Waals surface area contributed by atoms with Gasteiger partial charge in [0.1, 0.15) is 34.8 Å². The summed E-state index contributed by atoms with van der Waals surface area (Å²) in [6.07, 6.45) is 0. The predicted octanol–water partition coefficient (Wildman–Crippen LogP) is 4.46. The van der Waals surface area contributed by atoms with E-state index in [1.165, 1.54) is 12.1 Å². The molecule has 0 saturated carbocycles. The van der Waals surface area contributed by atoms with Crippen molar-refractivity contribution < 1.29 is 24.1 Å². The van der Waals surface area contributed by atoms with Gasteiger partial charge in [-0.15, -0.1) is 0 Å². The highest BCUT2D eigenvalue weighted by molar-refractivity contribution is 5.86. The van der Waals surface area contributed by atoms with E-state index < -0.39 is 5.43 Å². The molecule has 6 nitrogen and oxygen atoms in total. The Labute approximate surface area is 166 Å². The average molecular weight is 390 g/mol. The number of rotatable bonds is 5. The van der Waals surface area contributed by atoms with Crippen LogP contribution in [0.1, 0.15) is 5.56 Å². The molecule has 1 aromatic heterocycles. The first-order valence-electron chi connectivity index (χ1n) is 8.90. The zero-order valence-corrected chi connectivity index (χ0v) is 15.6. The molecule has 0 aliphatic carbocycles. The normalized spacial score (nSPS) is 10.8. The van der Waals surface area contributed by atoms with E-state index in [1.807, 2.05) is 30.3 Å². The minimum Gasteiger partial charge on any atom is -0.508 e.